The normalized spacial score (nSPS) is 17.3. The van der Waals surface area contributed by atoms with Crippen LogP contribution in [0.3, 0.4) is 0 Å². The molecule has 3 aromatic carbocycles. The summed E-state index contributed by atoms with van der Waals surface area (Å²) in [5.41, 5.74) is 1.83. The number of benzene rings is 3. The Morgan fingerprint density at radius 2 is 1.74 bits per heavy atom. The lowest BCUT2D eigenvalue weighted by atomic mass is 9.95. The third kappa shape index (κ3) is 3.69. The molecule has 0 spiro atoms. The van der Waals surface area contributed by atoms with Crippen LogP contribution in [0.25, 0.3) is 16.5 Å². The van der Waals surface area contributed by atoms with Crippen molar-refractivity contribution in [2.24, 2.45) is 0 Å². The lowest BCUT2D eigenvalue weighted by Gasteiger charge is -2.24. The Labute approximate surface area is 196 Å². The van der Waals surface area contributed by atoms with Gasteiger partial charge >= 0.3 is 0 Å². The number of aromatic nitrogens is 1. The number of amides is 1. The quantitative estimate of drug-likeness (QED) is 0.267. The Balaban J connectivity index is 1.68. The van der Waals surface area contributed by atoms with Crippen LogP contribution in [-0.2, 0) is 16.1 Å². The summed E-state index contributed by atoms with van der Waals surface area (Å²) in [4.78, 5) is 32.4. The largest absolute Gasteiger partial charge is 0.507 e. The minimum atomic E-state index is -0.827. The number of rotatable bonds is 5. The maximum atomic E-state index is 13.3. The van der Waals surface area contributed by atoms with E-state index in [0.717, 1.165) is 16.3 Å². The molecule has 0 bridgehead atoms. The smallest absolute Gasteiger partial charge is 0.296 e. The highest BCUT2D eigenvalue weighted by Crippen LogP contribution is 2.40. The standard InChI is InChI=1S/C28H22N2O4/c1-34-20-11-6-8-18(16-20)17-30-25(23-14-4-5-15-29-23)24(27(32)28(30)33)26(31)22-13-7-10-19-9-2-3-12-21(19)22/h2-16,25,31H,17H2,1H3/b26-24-. The third-order valence-corrected chi connectivity index (χ3v) is 6.04. The van der Waals surface area contributed by atoms with E-state index in [0.29, 0.717) is 17.0 Å². The van der Waals surface area contributed by atoms with E-state index in [1.54, 1.807) is 37.6 Å². The minimum absolute atomic E-state index is 0.0305. The highest BCUT2D eigenvalue weighted by molar-refractivity contribution is 6.46. The molecule has 6 heteroatoms. The molecule has 4 aromatic rings. The predicted octanol–water partition coefficient (Wildman–Crippen LogP) is 4.87. The summed E-state index contributed by atoms with van der Waals surface area (Å²) < 4.78 is 5.30. The minimum Gasteiger partial charge on any atom is -0.507 e. The summed E-state index contributed by atoms with van der Waals surface area (Å²) in [6.07, 6.45) is 1.61. The average molecular weight is 450 g/mol. The molecule has 1 unspecified atom stereocenters. The Morgan fingerprint density at radius 1 is 0.971 bits per heavy atom. The second-order valence-electron chi connectivity index (χ2n) is 8.06. The molecule has 34 heavy (non-hydrogen) atoms. The molecule has 5 rings (SSSR count). The Hall–Kier alpha value is -4.45. The first-order chi connectivity index (χ1) is 16.6. The predicted molar refractivity (Wildman–Crippen MR) is 129 cm³/mol. The van der Waals surface area contributed by atoms with E-state index in [4.69, 9.17) is 4.74 Å². The van der Waals surface area contributed by atoms with Gasteiger partial charge in [0.05, 0.1) is 18.4 Å². The number of methoxy groups -OCH3 is 1. The number of ketones is 1. The van der Waals surface area contributed by atoms with Gasteiger partial charge in [0.2, 0.25) is 0 Å². The van der Waals surface area contributed by atoms with Crippen LogP contribution in [0.1, 0.15) is 22.9 Å². The highest BCUT2D eigenvalue weighted by Gasteiger charge is 2.46. The first-order valence-electron chi connectivity index (χ1n) is 10.9. The molecule has 1 aliphatic rings. The van der Waals surface area contributed by atoms with Crippen LogP contribution < -0.4 is 4.74 Å². The van der Waals surface area contributed by atoms with Crippen molar-refractivity contribution in [1.29, 1.82) is 0 Å². The molecular formula is C28H22N2O4. The first-order valence-corrected chi connectivity index (χ1v) is 10.9. The third-order valence-electron chi connectivity index (χ3n) is 6.04. The monoisotopic (exact) mass is 450 g/mol. The number of ether oxygens (including phenoxy) is 1. The lowest BCUT2D eigenvalue weighted by molar-refractivity contribution is -0.140. The van der Waals surface area contributed by atoms with Crippen molar-refractivity contribution in [2.75, 3.05) is 7.11 Å². The van der Waals surface area contributed by atoms with Crippen molar-refractivity contribution in [3.63, 3.8) is 0 Å². The molecule has 0 saturated carbocycles. The van der Waals surface area contributed by atoms with Crippen molar-refractivity contribution in [2.45, 2.75) is 12.6 Å². The number of fused-ring (bicyclic) bond motifs is 1. The van der Waals surface area contributed by atoms with Crippen LogP contribution in [0.2, 0.25) is 0 Å². The molecular weight excluding hydrogens is 428 g/mol. The van der Waals surface area contributed by atoms with Crippen molar-refractivity contribution >= 4 is 28.2 Å². The molecule has 0 aliphatic carbocycles. The Morgan fingerprint density at radius 3 is 2.53 bits per heavy atom. The molecule has 2 heterocycles. The van der Waals surface area contributed by atoms with Gasteiger partial charge < -0.3 is 14.7 Å². The number of carbonyl (C=O) groups is 2. The van der Waals surface area contributed by atoms with Gasteiger partial charge in [0, 0.05) is 18.3 Å². The zero-order valence-electron chi connectivity index (χ0n) is 18.5. The average Bonchev–Trinajstić information content (AvgIpc) is 3.13. The van der Waals surface area contributed by atoms with E-state index in [-0.39, 0.29) is 17.9 Å². The first kappa shape index (κ1) is 21.4. The van der Waals surface area contributed by atoms with Gasteiger partial charge in [-0.25, -0.2) is 0 Å². The Bertz CT molecular complexity index is 1420. The summed E-state index contributed by atoms with van der Waals surface area (Å²) in [7, 11) is 1.57. The van der Waals surface area contributed by atoms with Gasteiger partial charge in [0.15, 0.2) is 0 Å². The Kier molecular flexibility index (Phi) is 5.55. The number of likely N-dealkylation sites (tertiary alicyclic amines) is 1. The number of hydrogen-bond donors (Lipinski definition) is 1. The van der Waals surface area contributed by atoms with Gasteiger partial charge in [-0.05, 0) is 40.6 Å². The van der Waals surface area contributed by atoms with E-state index in [9.17, 15) is 14.7 Å². The number of aliphatic hydroxyl groups is 1. The number of nitrogens with zero attached hydrogens (tertiary/aromatic N) is 2. The van der Waals surface area contributed by atoms with Gasteiger partial charge in [-0.15, -0.1) is 0 Å². The molecule has 1 saturated heterocycles. The number of carbonyl (C=O) groups excluding carboxylic acids is 2. The number of aliphatic hydroxyl groups excluding tert-OH is 1. The van der Waals surface area contributed by atoms with E-state index in [2.05, 4.69) is 4.98 Å². The maximum Gasteiger partial charge on any atom is 0.296 e. The summed E-state index contributed by atoms with van der Waals surface area (Å²) >= 11 is 0. The van der Waals surface area contributed by atoms with Crippen LogP contribution in [0.15, 0.2) is 96.7 Å². The van der Waals surface area contributed by atoms with E-state index >= 15 is 0 Å². The second kappa shape index (κ2) is 8.83. The zero-order valence-corrected chi connectivity index (χ0v) is 18.5. The molecule has 6 nitrogen and oxygen atoms in total. The second-order valence-corrected chi connectivity index (χ2v) is 8.06. The summed E-state index contributed by atoms with van der Waals surface area (Å²) in [6, 6.07) is 24.9. The van der Waals surface area contributed by atoms with E-state index in [1.807, 2.05) is 60.7 Å². The van der Waals surface area contributed by atoms with E-state index < -0.39 is 17.7 Å². The highest BCUT2D eigenvalue weighted by atomic mass is 16.5. The van der Waals surface area contributed by atoms with Crippen molar-refractivity contribution < 1.29 is 19.4 Å². The van der Waals surface area contributed by atoms with Crippen LogP contribution in [0.4, 0.5) is 0 Å². The molecule has 1 atom stereocenters. The topological polar surface area (TPSA) is 79.7 Å². The molecule has 1 aliphatic heterocycles. The molecule has 1 fully saturated rings. The van der Waals surface area contributed by atoms with Crippen LogP contribution in [0.5, 0.6) is 5.75 Å². The fraction of sp³-hybridized carbons (Fsp3) is 0.107. The SMILES string of the molecule is COc1cccc(CN2C(=O)C(=O)/C(=C(\O)c3cccc4ccccc34)C2c2ccccn2)c1. The maximum absolute atomic E-state index is 13.3. The zero-order chi connectivity index (χ0) is 23.7. The molecule has 168 valence electrons. The van der Waals surface area contributed by atoms with Gasteiger partial charge in [-0.3, -0.25) is 14.6 Å². The molecule has 0 radical (unpaired) electrons. The van der Waals surface area contributed by atoms with Crippen molar-refractivity contribution in [1.82, 2.24) is 9.88 Å². The van der Waals surface area contributed by atoms with Gasteiger partial charge in [-0.1, -0.05) is 60.7 Å². The molecule has 1 N–H and O–H groups in total. The van der Waals surface area contributed by atoms with Crippen LogP contribution in [0, 0.1) is 0 Å². The lowest BCUT2D eigenvalue weighted by Crippen LogP contribution is -2.29. The van der Waals surface area contributed by atoms with E-state index in [1.165, 1.54) is 4.90 Å². The van der Waals surface area contributed by atoms with Gasteiger partial charge in [-0.2, -0.15) is 0 Å². The van der Waals surface area contributed by atoms with Gasteiger partial charge in [0.1, 0.15) is 17.6 Å². The fourth-order valence-electron chi connectivity index (χ4n) is 4.43. The van der Waals surface area contributed by atoms with Crippen LogP contribution >= 0.6 is 0 Å². The number of Topliss-reactive ketones (excluding diaryl/α,β-unsaturated/α-hetero) is 1. The number of hydrogen-bond acceptors (Lipinski definition) is 5. The van der Waals surface area contributed by atoms with Crippen molar-refractivity contribution in [3.05, 3.63) is 114 Å². The van der Waals surface area contributed by atoms with Crippen LogP contribution in [-0.4, -0.2) is 33.8 Å². The molecule has 1 amide bonds. The summed E-state index contributed by atoms with van der Waals surface area (Å²) in [6.45, 7) is 0.162. The van der Waals surface area contributed by atoms with Crippen molar-refractivity contribution in [3.8, 4) is 5.75 Å². The fourth-order valence-corrected chi connectivity index (χ4v) is 4.43. The summed E-state index contributed by atoms with van der Waals surface area (Å²) in [5, 5.41) is 13.2. The van der Waals surface area contributed by atoms with Gasteiger partial charge in [0.25, 0.3) is 11.7 Å². The summed E-state index contributed by atoms with van der Waals surface area (Å²) in [5.74, 6) is -0.970. The number of pyridine rings is 1. The molecule has 1 aromatic heterocycles.